The summed E-state index contributed by atoms with van der Waals surface area (Å²) in [6.07, 6.45) is 1.06. The van der Waals surface area contributed by atoms with Crippen molar-refractivity contribution in [1.82, 2.24) is 10.2 Å². The van der Waals surface area contributed by atoms with Gasteiger partial charge in [0.25, 0.3) is 0 Å². The molecule has 0 unspecified atom stereocenters. The second-order valence-corrected chi connectivity index (χ2v) is 5.94. The summed E-state index contributed by atoms with van der Waals surface area (Å²) in [5.74, 6) is 0.970. The molecule has 0 saturated heterocycles. The van der Waals surface area contributed by atoms with Gasteiger partial charge in [0.2, 0.25) is 0 Å². The molecule has 0 spiro atoms. The molecule has 4 heteroatoms. The quantitative estimate of drug-likeness (QED) is 0.654. The Hall–Kier alpha value is -1.81. The summed E-state index contributed by atoms with van der Waals surface area (Å²) in [5.41, 5.74) is 1.24. The number of hydrogen-bond donors (Lipinski definition) is 1. The topological polar surface area (TPSA) is 27.6 Å². The summed E-state index contributed by atoms with van der Waals surface area (Å²) in [4.78, 5) is 8.34. The summed E-state index contributed by atoms with van der Waals surface area (Å²) < 4.78 is 0. The van der Waals surface area contributed by atoms with Gasteiger partial charge in [-0.15, -0.1) is 11.3 Å². The maximum atomic E-state index is 4.72. The van der Waals surface area contributed by atoms with Crippen LogP contribution in [0.5, 0.6) is 0 Å². The van der Waals surface area contributed by atoms with Gasteiger partial charge >= 0.3 is 0 Å². The number of rotatable bonds is 6. The first-order valence-corrected chi connectivity index (χ1v) is 8.23. The summed E-state index contributed by atoms with van der Waals surface area (Å²) in [5, 5.41) is 5.49. The zero-order valence-electron chi connectivity index (χ0n) is 12.7. The lowest BCUT2D eigenvalue weighted by molar-refractivity contribution is 0.486. The van der Waals surface area contributed by atoms with Gasteiger partial charge in [-0.25, -0.2) is 4.99 Å². The largest absolute Gasteiger partial charge is 0.357 e. The number of nitrogens with zero attached hydrogens (tertiary/aromatic N) is 2. The molecule has 1 heterocycles. The Balaban J connectivity index is 1.93. The maximum absolute atomic E-state index is 4.72. The molecule has 0 aliphatic heterocycles. The molecule has 21 heavy (non-hydrogen) atoms. The van der Waals surface area contributed by atoms with Gasteiger partial charge in [0.05, 0.1) is 6.54 Å². The van der Waals surface area contributed by atoms with E-state index in [0.717, 1.165) is 25.5 Å². The average Bonchev–Trinajstić information content (AvgIpc) is 3.03. The Morgan fingerprint density at radius 2 is 2.00 bits per heavy atom. The summed E-state index contributed by atoms with van der Waals surface area (Å²) in [6.45, 7) is 4.68. The molecule has 0 aliphatic carbocycles. The van der Waals surface area contributed by atoms with Gasteiger partial charge in [0.15, 0.2) is 5.96 Å². The Kier molecular flexibility index (Phi) is 6.28. The van der Waals surface area contributed by atoms with E-state index in [4.69, 9.17) is 4.99 Å². The van der Waals surface area contributed by atoms with Crippen molar-refractivity contribution >= 4 is 17.3 Å². The third-order valence-corrected chi connectivity index (χ3v) is 4.16. The van der Waals surface area contributed by atoms with Crippen LogP contribution in [-0.4, -0.2) is 31.0 Å². The van der Waals surface area contributed by atoms with Crippen molar-refractivity contribution in [2.75, 3.05) is 20.1 Å². The van der Waals surface area contributed by atoms with Gasteiger partial charge < -0.3 is 10.2 Å². The number of aliphatic imine (C=N–C) groups is 1. The molecule has 0 amide bonds. The molecule has 0 fully saturated rings. The van der Waals surface area contributed by atoms with E-state index >= 15 is 0 Å². The van der Waals surface area contributed by atoms with Crippen molar-refractivity contribution in [3.05, 3.63) is 58.3 Å². The minimum atomic E-state index is 0.715. The van der Waals surface area contributed by atoms with Crippen LogP contribution in [0.1, 0.15) is 17.4 Å². The first kappa shape index (κ1) is 15.6. The van der Waals surface area contributed by atoms with Crippen LogP contribution in [0.2, 0.25) is 0 Å². The van der Waals surface area contributed by atoms with E-state index in [1.54, 1.807) is 0 Å². The molecule has 112 valence electrons. The highest BCUT2D eigenvalue weighted by molar-refractivity contribution is 7.09. The highest BCUT2D eigenvalue weighted by Crippen LogP contribution is 2.09. The monoisotopic (exact) mass is 301 g/mol. The van der Waals surface area contributed by atoms with Crippen molar-refractivity contribution in [3.63, 3.8) is 0 Å². The lowest BCUT2D eigenvalue weighted by Gasteiger charge is -2.21. The fourth-order valence-electron chi connectivity index (χ4n) is 2.06. The molecule has 0 atom stereocenters. The molecule has 3 nitrogen and oxygen atoms in total. The number of hydrogen-bond acceptors (Lipinski definition) is 2. The lowest BCUT2D eigenvalue weighted by atomic mass is 10.2. The van der Waals surface area contributed by atoms with Crippen molar-refractivity contribution in [2.45, 2.75) is 19.9 Å². The first-order chi connectivity index (χ1) is 10.3. The minimum Gasteiger partial charge on any atom is -0.357 e. The molecule has 1 N–H and O–H groups in total. The van der Waals surface area contributed by atoms with Gasteiger partial charge in [-0.3, -0.25) is 0 Å². The van der Waals surface area contributed by atoms with Crippen molar-refractivity contribution in [3.8, 4) is 0 Å². The van der Waals surface area contributed by atoms with Crippen LogP contribution in [0, 0.1) is 0 Å². The van der Waals surface area contributed by atoms with Gasteiger partial charge in [0, 0.05) is 25.0 Å². The fraction of sp³-hybridized carbons (Fsp3) is 0.353. The van der Waals surface area contributed by atoms with E-state index < -0.39 is 0 Å². The number of likely N-dealkylation sites (N-methyl/N-ethyl adjacent to an activating group) is 1. The number of guanidine groups is 1. The predicted molar refractivity (Wildman–Crippen MR) is 91.9 cm³/mol. The summed E-state index contributed by atoms with van der Waals surface area (Å²) in [7, 11) is 2.10. The van der Waals surface area contributed by atoms with E-state index in [1.165, 1.54) is 10.4 Å². The second-order valence-electron chi connectivity index (χ2n) is 4.91. The maximum Gasteiger partial charge on any atom is 0.193 e. The number of nitrogens with one attached hydrogen (secondary N) is 1. The Morgan fingerprint density at radius 1 is 1.19 bits per heavy atom. The smallest absolute Gasteiger partial charge is 0.193 e. The minimum absolute atomic E-state index is 0.715. The van der Waals surface area contributed by atoms with Gasteiger partial charge in [-0.05, 0) is 30.4 Å². The Labute approximate surface area is 131 Å². The van der Waals surface area contributed by atoms with Gasteiger partial charge in [0.1, 0.15) is 0 Å². The highest BCUT2D eigenvalue weighted by Gasteiger charge is 2.06. The third kappa shape index (κ3) is 5.23. The molecule has 0 radical (unpaired) electrons. The van der Waals surface area contributed by atoms with Crippen LogP contribution in [-0.2, 0) is 13.0 Å². The molecule has 2 rings (SSSR count). The molecule has 1 aromatic heterocycles. The Morgan fingerprint density at radius 3 is 2.67 bits per heavy atom. The molecule has 2 aromatic rings. The van der Waals surface area contributed by atoms with E-state index in [2.05, 4.69) is 66.0 Å². The van der Waals surface area contributed by atoms with Crippen LogP contribution in [0.4, 0.5) is 0 Å². The van der Waals surface area contributed by atoms with E-state index in [-0.39, 0.29) is 0 Å². The van der Waals surface area contributed by atoms with Gasteiger partial charge in [-0.2, -0.15) is 0 Å². The molecular weight excluding hydrogens is 278 g/mol. The summed E-state index contributed by atoms with van der Waals surface area (Å²) >= 11 is 1.81. The fourth-order valence-corrected chi connectivity index (χ4v) is 2.76. The van der Waals surface area contributed by atoms with Crippen LogP contribution < -0.4 is 5.32 Å². The van der Waals surface area contributed by atoms with Gasteiger partial charge in [-0.1, -0.05) is 36.4 Å². The highest BCUT2D eigenvalue weighted by atomic mass is 32.1. The standard InChI is InChI=1S/C17H23N3S/c1-3-18-17(19-14-15-8-5-4-6-9-15)20(2)12-11-16-10-7-13-21-16/h4-10,13H,3,11-12,14H2,1-2H3,(H,18,19). The predicted octanol–water partition coefficient (Wildman–Crippen LogP) is 3.39. The normalized spacial score (nSPS) is 11.4. The molecule has 0 aliphatic rings. The Bertz CT molecular complexity index is 534. The average molecular weight is 301 g/mol. The number of benzene rings is 1. The van der Waals surface area contributed by atoms with Crippen molar-refractivity contribution in [1.29, 1.82) is 0 Å². The first-order valence-electron chi connectivity index (χ1n) is 7.35. The van der Waals surface area contributed by atoms with Crippen LogP contribution in [0.25, 0.3) is 0 Å². The SMILES string of the molecule is CCNC(=NCc1ccccc1)N(C)CCc1cccs1. The molecular formula is C17H23N3S. The van der Waals surface area contributed by atoms with E-state index in [1.807, 2.05) is 17.4 Å². The van der Waals surface area contributed by atoms with E-state index in [9.17, 15) is 0 Å². The van der Waals surface area contributed by atoms with Crippen molar-refractivity contribution in [2.24, 2.45) is 4.99 Å². The molecule has 1 aromatic carbocycles. The second kappa shape index (κ2) is 8.47. The summed E-state index contributed by atoms with van der Waals surface area (Å²) in [6, 6.07) is 14.7. The zero-order valence-corrected chi connectivity index (χ0v) is 13.6. The van der Waals surface area contributed by atoms with Crippen LogP contribution in [0.3, 0.4) is 0 Å². The number of thiophene rings is 1. The zero-order chi connectivity index (χ0) is 14.9. The lowest BCUT2D eigenvalue weighted by Crippen LogP contribution is -2.39. The van der Waals surface area contributed by atoms with Crippen LogP contribution in [0.15, 0.2) is 52.8 Å². The molecule has 0 saturated carbocycles. The third-order valence-electron chi connectivity index (χ3n) is 3.22. The van der Waals surface area contributed by atoms with E-state index in [0.29, 0.717) is 6.54 Å². The van der Waals surface area contributed by atoms with Crippen LogP contribution >= 0.6 is 11.3 Å². The van der Waals surface area contributed by atoms with Crippen molar-refractivity contribution < 1.29 is 0 Å². The molecule has 0 bridgehead atoms.